The smallest absolute Gasteiger partial charge is 0.343 e. The summed E-state index contributed by atoms with van der Waals surface area (Å²) in [4.78, 5) is 12.2. The maximum atomic E-state index is 12.2. The Morgan fingerprint density at radius 2 is 1.45 bits per heavy atom. The Bertz CT molecular complexity index is 629. The number of rotatable bonds is 3. The molecular formula is C20H24O2. The molecule has 0 unspecified atom stereocenters. The summed E-state index contributed by atoms with van der Waals surface area (Å²) in [5, 5.41) is 0. The molecule has 0 fully saturated rings. The lowest BCUT2D eigenvalue weighted by Crippen LogP contribution is -2.12. The molecule has 0 bridgehead atoms. The Morgan fingerprint density at radius 3 is 1.91 bits per heavy atom. The van der Waals surface area contributed by atoms with E-state index in [1.54, 1.807) is 0 Å². The maximum Gasteiger partial charge on any atom is 0.343 e. The first-order chi connectivity index (χ1) is 10.3. The fourth-order valence-electron chi connectivity index (χ4n) is 2.19. The van der Waals surface area contributed by atoms with E-state index in [9.17, 15) is 4.79 Å². The summed E-state index contributed by atoms with van der Waals surface area (Å²) in [6.45, 7) is 10.7. The van der Waals surface area contributed by atoms with Gasteiger partial charge in [-0.25, -0.2) is 4.79 Å². The highest BCUT2D eigenvalue weighted by Crippen LogP contribution is 2.23. The van der Waals surface area contributed by atoms with Crippen molar-refractivity contribution in [3.63, 3.8) is 0 Å². The van der Waals surface area contributed by atoms with E-state index in [1.807, 2.05) is 48.5 Å². The molecule has 0 saturated carbocycles. The fourth-order valence-corrected chi connectivity index (χ4v) is 2.19. The van der Waals surface area contributed by atoms with Crippen LogP contribution < -0.4 is 4.74 Å². The van der Waals surface area contributed by atoms with Gasteiger partial charge in [-0.15, -0.1) is 0 Å². The van der Waals surface area contributed by atoms with E-state index in [1.165, 1.54) is 11.1 Å². The lowest BCUT2D eigenvalue weighted by Gasteiger charge is -2.18. The summed E-state index contributed by atoms with van der Waals surface area (Å²) in [6.07, 6.45) is 0. The zero-order valence-corrected chi connectivity index (χ0v) is 14.0. The largest absolute Gasteiger partial charge is 0.423 e. The van der Waals surface area contributed by atoms with Crippen LogP contribution in [-0.4, -0.2) is 5.97 Å². The Kier molecular flexibility index (Phi) is 4.70. The zero-order chi connectivity index (χ0) is 16.3. The first-order valence-corrected chi connectivity index (χ1v) is 7.70. The normalized spacial score (nSPS) is 11.5. The van der Waals surface area contributed by atoms with Gasteiger partial charge in [0.15, 0.2) is 0 Å². The van der Waals surface area contributed by atoms with E-state index >= 15 is 0 Å². The van der Waals surface area contributed by atoms with Gasteiger partial charge in [0.05, 0.1) is 5.56 Å². The van der Waals surface area contributed by atoms with Crippen LogP contribution in [0, 0.1) is 0 Å². The quantitative estimate of drug-likeness (QED) is 0.565. The second-order valence-corrected chi connectivity index (χ2v) is 6.94. The van der Waals surface area contributed by atoms with E-state index in [0.717, 1.165) is 0 Å². The molecule has 0 amide bonds. The van der Waals surface area contributed by atoms with Crippen LogP contribution in [-0.2, 0) is 5.41 Å². The van der Waals surface area contributed by atoms with Crippen LogP contribution in [0.15, 0.2) is 48.5 Å². The number of hydrogen-bond donors (Lipinski definition) is 0. The average molecular weight is 296 g/mol. The van der Waals surface area contributed by atoms with Gasteiger partial charge in [0.25, 0.3) is 0 Å². The Morgan fingerprint density at radius 1 is 0.909 bits per heavy atom. The van der Waals surface area contributed by atoms with Crippen LogP contribution in [0.2, 0.25) is 0 Å². The Hall–Kier alpha value is -2.09. The summed E-state index contributed by atoms with van der Waals surface area (Å²) >= 11 is 0. The maximum absolute atomic E-state index is 12.2. The van der Waals surface area contributed by atoms with E-state index in [4.69, 9.17) is 4.74 Å². The number of carbonyl (C=O) groups is 1. The van der Waals surface area contributed by atoms with E-state index in [-0.39, 0.29) is 11.4 Å². The summed E-state index contributed by atoms with van der Waals surface area (Å²) < 4.78 is 5.42. The number of hydrogen-bond acceptors (Lipinski definition) is 2. The van der Waals surface area contributed by atoms with Crippen LogP contribution in [0.4, 0.5) is 0 Å². The number of ether oxygens (including phenoxy) is 1. The van der Waals surface area contributed by atoms with Gasteiger partial charge in [-0.05, 0) is 46.7 Å². The minimum Gasteiger partial charge on any atom is -0.423 e. The molecule has 0 aliphatic carbocycles. The van der Waals surface area contributed by atoms with Crippen molar-refractivity contribution in [1.29, 1.82) is 0 Å². The molecule has 0 N–H and O–H groups in total. The molecule has 2 heteroatoms. The lowest BCUT2D eigenvalue weighted by atomic mass is 9.87. The first kappa shape index (κ1) is 16.3. The number of benzene rings is 2. The molecule has 0 saturated heterocycles. The molecule has 2 nitrogen and oxygen atoms in total. The molecular weight excluding hydrogens is 272 g/mol. The third-order valence-corrected chi connectivity index (χ3v) is 3.74. The SMILES string of the molecule is CC(C)c1ccc(OC(=O)c2ccc(C(C)(C)C)cc2)cc1. The molecule has 0 atom stereocenters. The van der Waals surface area contributed by atoms with E-state index < -0.39 is 0 Å². The molecule has 116 valence electrons. The van der Waals surface area contributed by atoms with Crippen molar-refractivity contribution in [2.45, 2.75) is 46.0 Å². The summed E-state index contributed by atoms with van der Waals surface area (Å²) in [5.41, 5.74) is 3.08. The summed E-state index contributed by atoms with van der Waals surface area (Å²) in [6, 6.07) is 15.3. The third-order valence-electron chi connectivity index (χ3n) is 3.74. The predicted octanol–water partition coefficient (Wildman–Crippen LogP) is 5.33. The van der Waals surface area contributed by atoms with Crippen molar-refractivity contribution in [3.8, 4) is 5.75 Å². The van der Waals surface area contributed by atoms with Crippen molar-refractivity contribution < 1.29 is 9.53 Å². The molecule has 0 heterocycles. The highest BCUT2D eigenvalue weighted by atomic mass is 16.5. The lowest BCUT2D eigenvalue weighted by molar-refractivity contribution is 0.0734. The highest BCUT2D eigenvalue weighted by molar-refractivity contribution is 5.91. The fraction of sp³-hybridized carbons (Fsp3) is 0.350. The molecule has 0 aliphatic heterocycles. The van der Waals surface area contributed by atoms with Gasteiger partial charge in [-0.1, -0.05) is 58.9 Å². The first-order valence-electron chi connectivity index (χ1n) is 7.70. The van der Waals surface area contributed by atoms with Crippen molar-refractivity contribution in [2.75, 3.05) is 0 Å². The zero-order valence-electron chi connectivity index (χ0n) is 14.0. The van der Waals surface area contributed by atoms with Gasteiger partial charge in [-0.2, -0.15) is 0 Å². The van der Waals surface area contributed by atoms with Crippen LogP contribution >= 0.6 is 0 Å². The molecule has 0 spiro atoms. The molecule has 2 aromatic rings. The van der Waals surface area contributed by atoms with Gasteiger partial charge in [0.1, 0.15) is 5.75 Å². The van der Waals surface area contributed by atoms with Crippen molar-refractivity contribution >= 4 is 5.97 Å². The third kappa shape index (κ3) is 3.97. The van der Waals surface area contributed by atoms with Gasteiger partial charge in [0.2, 0.25) is 0 Å². The van der Waals surface area contributed by atoms with Crippen molar-refractivity contribution in [1.82, 2.24) is 0 Å². The molecule has 2 aromatic carbocycles. The van der Waals surface area contributed by atoms with Crippen LogP contribution in [0.1, 0.15) is 62.0 Å². The summed E-state index contributed by atoms with van der Waals surface area (Å²) in [5.74, 6) is 0.724. The topological polar surface area (TPSA) is 26.3 Å². The molecule has 22 heavy (non-hydrogen) atoms. The molecule has 0 aliphatic rings. The van der Waals surface area contributed by atoms with Crippen molar-refractivity contribution in [2.24, 2.45) is 0 Å². The Labute approximate surface area is 133 Å². The van der Waals surface area contributed by atoms with Gasteiger partial charge < -0.3 is 4.74 Å². The minimum absolute atomic E-state index is 0.0785. The highest BCUT2D eigenvalue weighted by Gasteiger charge is 2.15. The number of carbonyl (C=O) groups excluding carboxylic acids is 1. The standard InChI is InChI=1S/C20H24O2/c1-14(2)15-8-12-18(13-9-15)22-19(21)16-6-10-17(11-7-16)20(3,4)5/h6-14H,1-5H3. The Balaban J connectivity index is 2.09. The van der Waals surface area contributed by atoms with Crippen molar-refractivity contribution in [3.05, 3.63) is 65.2 Å². The van der Waals surface area contributed by atoms with E-state index in [2.05, 4.69) is 34.6 Å². The number of esters is 1. The second kappa shape index (κ2) is 6.35. The average Bonchev–Trinajstić information content (AvgIpc) is 2.47. The van der Waals surface area contributed by atoms with Crippen LogP contribution in [0.3, 0.4) is 0 Å². The van der Waals surface area contributed by atoms with Gasteiger partial charge in [-0.3, -0.25) is 0 Å². The molecule has 2 rings (SSSR count). The van der Waals surface area contributed by atoms with Crippen LogP contribution in [0.5, 0.6) is 5.75 Å². The van der Waals surface area contributed by atoms with Gasteiger partial charge in [0, 0.05) is 0 Å². The summed E-state index contributed by atoms with van der Waals surface area (Å²) in [7, 11) is 0. The van der Waals surface area contributed by atoms with Crippen LogP contribution in [0.25, 0.3) is 0 Å². The minimum atomic E-state index is -0.322. The van der Waals surface area contributed by atoms with E-state index in [0.29, 0.717) is 17.2 Å². The van der Waals surface area contributed by atoms with Gasteiger partial charge >= 0.3 is 5.97 Å². The molecule has 0 radical (unpaired) electrons. The predicted molar refractivity (Wildman–Crippen MR) is 90.6 cm³/mol. The monoisotopic (exact) mass is 296 g/mol. The molecule has 0 aromatic heterocycles. The second-order valence-electron chi connectivity index (χ2n) is 6.94.